The summed E-state index contributed by atoms with van der Waals surface area (Å²) < 4.78 is 86.1. The van der Waals surface area contributed by atoms with Crippen molar-refractivity contribution >= 4 is 11.9 Å². The number of hydrogen-bond acceptors (Lipinski definition) is 3. The second kappa shape index (κ2) is 10.5. The highest BCUT2D eigenvalue weighted by atomic mass is 19.4. The van der Waals surface area contributed by atoms with Gasteiger partial charge >= 0.3 is 18.4 Å². The predicted molar refractivity (Wildman–Crippen MR) is 142 cm³/mol. The highest BCUT2D eigenvalue weighted by Gasteiger charge is 2.45. The van der Waals surface area contributed by atoms with Gasteiger partial charge in [-0.1, -0.05) is 48.5 Å². The topological polar surface area (TPSA) is 46.6 Å². The molecular weight excluding hydrogens is 560 g/mol. The van der Waals surface area contributed by atoms with Crippen LogP contribution >= 0.6 is 0 Å². The van der Waals surface area contributed by atoms with E-state index < -0.39 is 58.9 Å². The second-order valence-electron chi connectivity index (χ2n) is 11.3. The number of Topliss-reactive ketones (excluding diaryl/α,β-unsaturated/α-hetero) is 1. The van der Waals surface area contributed by atoms with Crippen LogP contribution in [0, 0.1) is 5.92 Å². The van der Waals surface area contributed by atoms with Gasteiger partial charge in [0.15, 0.2) is 5.78 Å². The number of halogens is 6. The first-order chi connectivity index (χ1) is 19.9. The highest BCUT2D eigenvalue weighted by Crippen LogP contribution is 2.45. The molecule has 0 saturated carbocycles. The lowest BCUT2D eigenvalue weighted by atomic mass is 9.75. The van der Waals surface area contributed by atoms with E-state index in [1.54, 1.807) is 4.90 Å². The van der Waals surface area contributed by atoms with E-state index in [1.165, 1.54) is 0 Å². The van der Waals surface area contributed by atoms with Gasteiger partial charge in [0, 0.05) is 29.5 Å². The number of amides is 1. The van der Waals surface area contributed by atoms with Crippen LogP contribution in [0.3, 0.4) is 0 Å². The number of hydrogen-bond donors (Lipinski definition) is 0. The van der Waals surface area contributed by atoms with Crippen LogP contribution in [0.2, 0.25) is 0 Å². The molecule has 0 aromatic heterocycles. The zero-order valence-corrected chi connectivity index (χ0v) is 22.3. The molecule has 2 heterocycles. The molecule has 42 heavy (non-hydrogen) atoms. The van der Waals surface area contributed by atoms with Gasteiger partial charge in [-0.15, -0.1) is 0 Å². The molecule has 4 nitrogen and oxygen atoms in total. The molecule has 3 aliphatic rings. The quantitative estimate of drug-likeness (QED) is 0.227. The van der Waals surface area contributed by atoms with Crippen LogP contribution in [0.1, 0.15) is 70.6 Å². The fourth-order valence-corrected chi connectivity index (χ4v) is 6.89. The lowest BCUT2D eigenvalue weighted by Crippen LogP contribution is -2.55. The standard InChI is InChI=1S/C32H27F6NO3/c33-31(34,35)20-12-18(13-21(16-20)32(36,37)38)29(40)19-14-22-6-5-7-23(15-19)39(22)30(41)42-17-28-26-10-3-1-8-24(26)25-9-2-4-11-27(25)28/h1-4,8-13,16,19,22-23,28H,5-7,14-15,17H2. The van der Waals surface area contributed by atoms with Crippen molar-refractivity contribution in [2.24, 2.45) is 5.92 Å². The maximum absolute atomic E-state index is 13.4. The number of piperidine rings is 2. The molecule has 2 aliphatic heterocycles. The van der Waals surface area contributed by atoms with Crippen molar-refractivity contribution in [1.29, 1.82) is 0 Å². The van der Waals surface area contributed by atoms with E-state index in [4.69, 9.17) is 4.74 Å². The molecule has 0 N–H and O–H groups in total. The Morgan fingerprint density at radius 3 is 1.76 bits per heavy atom. The summed E-state index contributed by atoms with van der Waals surface area (Å²) in [5.74, 6) is -1.71. The number of alkyl halides is 6. The molecule has 2 atom stereocenters. The molecule has 10 heteroatoms. The van der Waals surface area contributed by atoms with E-state index in [1.807, 2.05) is 48.5 Å². The van der Waals surface area contributed by atoms with Gasteiger partial charge in [-0.05, 0) is 72.6 Å². The summed E-state index contributed by atoms with van der Waals surface area (Å²) in [6.45, 7) is 0.121. The molecule has 2 fully saturated rings. The number of rotatable bonds is 4. The number of ketones is 1. The Kier molecular flexibility index (Phi) is 7.06. The van der Waals surface area contributed by atoms with E-state index in [0.29, 0.717) is 25.0 Å². The van der Waals surface area contributed by atoms with Gasteiger partial charge in [0.2, 0.25) is 0 Å². The number of fused-ring (bicyclic) bond motifs is 5. The van der Waals surface area contributed by atoms with E-state index in [2.05, 4.69) is 0 Å². The van der Waals surface area contributed by atoms with Crippen LogP contribution in [0.15, 0.2) is 66.7 Å². The lowest BCUT2D eigenvalue weighted by molar-refractivity contribution is -0.143. The van der Waals surface area contributed by atoms with E-state index in [9.17, 15) is 35.9 Å². The minimum absolute atomic E-state index is 0.0191. The third kappa shape index (κ3) is 5.16. The zero-order valence-electron chi connectivity index (χ0n) is 22.3. The van der Waals surface area contributed by atoms with Gasteiger partial charge in [0.1, 0.15) is 6.61 Å². The normalized spacial score (nSPS) is 22.0. The summed E-state index contributed by atoms with van der Waals surface area (Å²) in [4.78, 5) is 28.4. The number of ether oxygens (including phenoxy) is 1. The number of nitrogens with zero attached hydrogens (tertiary/aromatic N) is 1. The molecule has 2 bridgehead atoms. The van der Waals surface area contributed by atoms with E-state index in [-0.39, 0.29) is 31.4 Å². The molecule has 3 aromatic rings. The first-order valence-corrected chi connectivity index (χ1v) is 13.9. The summed E-state index contributed by atoms with van der Waals surface area (Å²) in [5, 5.41) is 0. The molecule has 3 aromatic carbocycles. The molecule has 0 spiro atoms. The Bertz CT molecular complexity index is 1440. The lowest BCUT2D eigenvalue weighted by Gasteiger charge is -2.47. The Balaban J connectivity index is 1.19. The maximum atomic E-state index is 13.4. The van der Waals surface area contributed by atoms with Crippen molar-refractivity contribution in [2.75, 3.05) is 6.61 Å². The van der Waals surface area contributed by atoms with Gasteiger partial charge in [0.05, 0.1) is 11.1 Å². The van der Waals surface area contributed by atoms with Crippen LogP contribution in [-0.2, 0) is 17.1 Å². The Morgan fingerprint density at radius 1 is 0.762 bits per heavy atom. The zero-order chi connectivity index (χ0) is 29.8. The first-order valence-electron chi connectivity index (χ1n) is 13.9. The van der Waals surface area contributed by atoms with Gasteiger partial charge in [-0.2, -0.15) is 26.3 Å². The SMILES string of the molecule is O=C(c1cc(C(F)(F)F)cc(C(F)(F)F)c1)C1CC2CCCC(C1)N2C(=O)OCC1c2ccccc2-c2ccccc21. The minimum Gasteiger partial charge on any atom is -0.448 e. The third-order valence-electron chi connectivity index (χ3n) is 8.76. The third-order valence-corrected chi connectivity index (χ3v) is 8.76. The fraction of sp³-hybridized carbons (Fsp3) is 0.375. The molecular formula is C32H27F6NO3. The Morgan fingerprint density at radius 2 is 1.26 bits per heavy atom. The summed E-state index contributed by atoms with van der Waals surface area (Å²) >= 11 is 0. The van der Waals surface area contributed by atoms with Gasteiger partial charge in [0.25, 0.3) is 0 Å². The minimum atomic E-state index is -5.04. The van der Waals surface area contributed by atoms with Crippen molar-refractivity contribution < 1.29 is 40.7 Å². The molecule has 2 unspecified atom stereocenters. The first kappa shape index (κ1) is 28.3. The number of benzene rings is 3. The van der Waals surface area contributed by atoms with Crippen molar-refractivity contribution in [3.05, 3.63) is 94.5 Å². The number of carbonyl (C=O) groups excluding carboxylic acids is 2. The monoisotopic (exact) mass is 587 g/mol. The van der Waals surface area contributed by atoms with Gasteiger partial charge in [-0.25, -0.2) is 4.79 Å². The molecule has 2 saturated heterocycles. The van der Waals surface area contributed by atoms with Crippen molar-refractivity contribution in [1.82, 2.24) is 4.90 Å². The van der Waals surface area contributed by atoms with Gasteiger partial charge < -0.3 is 9.64 Å². The molecule has 220 valence electrons. The molecule has 1 amide bonds. The summed E-state index contributed by atoms with van der Waals surface area (Å²) in [5.41, 5.74) is 0.663. The maximum Gasteiger partial charge on any atom is 0.416 e. The Labute approximate surface area is 238 Å². The van der Waals surface area contributed by atoms with Gasteiger partial charge in [-0.3, -0.25) is 4.79 Å². The average molecular weight is 588 g/mol. The molecule has 0 radical (unpaired) electrons. The summed E-state index contributed by atoms with van der Waals surface area (Å²) in [6, 6.07) is 16.1. The van der Waals surface area contributed by atoms with Crippen molar-refractivity contribution in [2.45, 2.75) is 62.5 Å². The largest absolute Gasteiger partial charge is 0.448 e. The Hall–Kier alpha value is -3.82. The van der Waals surface area contributed by atoms with Crippen LogP contribution in [0.5, 0.6) is 0 Å². The van der Waals surface area contributed by atoms with Crippen LogP contribution in [0.4, 0.5) is 31.1 Å². The average Bonchev–Trinajstić information content (AvgIpc) is 3.27. The highest BCUT2D eigenvalue weighted by molar-refractivity contribution is 5.98. The van der Waals surface area contributed by atoms with Crippen LogP contribution < -0.4 is 0 Å². The van der Waals surface area contributed by atoms with Crippen LogP contribution in [-0.4, -0.2) is 35.5 Å². The molecule has 6 rings (SSSR count). The number of carbonyl (C=O) groups is 2. The second-order valence-corrected chi connectivity index (χ2v) is 11.3. The smallest absolute Gasteiger partial charge is 0.416 e. The van der Waals surface area contributed by atoms with Crippen molar-refractivity contribution in [3.63, 3.8) is 0 Å². The van der Waals surface area contributed by atoms with Crippen molar-refractivity contribution in [3.8, 4) is 11.1 Å². The van der Waals surface area contributed by atoms with E-state index in [0.717, 1.165) is 28.7 Å². The summed E-state index contributed by atoms with van der Waals surface area (Å²) in [7, 11) is 0. The van der Waals surface area contributed by atoms with E-state index >= 15 is 0 Å². The molecule has 1 aliphatic carbocycles. The predicted octanol–water partition coefficient (Wildman–Crippen LogP) is 8.49. The van der Waals surface area contributed by atoms with Crippen LogP contribution in [0.25, 0.3) is 11.1 Å². The fourth-order valence-electron chi connectivity index (χ4n) is 6.89. The summed E-state index contributed by atoms with van der Waals surface area (Å²) in [6.07, 6.45) is -8.36.